The van der Waals surface area contributed by atoms with Crippen molar-refractivity contribution in [1.82, 2.24) is 0 Å². The molecule has 1 fully saturated rings. The zero-order chi connectivity index (χ0) is 55.5. The highest BCUT2D eigenvalue weighted by Gasteiger charge is 2.47. The van der Waals surface area contributed by atoms with Crippen LogP contribution >= 0.6 is 0 Å². The first kappa shape index (κ1) is 58.2. The second kappa shape index (κ2) is 21.7. The van der Waals surface area contributed by atoms with E-state index in [2.05, 4.69) is 240 Å². The lowest BCUT2D eigenvalue weighted by atomic mass is 9.33. The lowest BCUT2D eigenvalue weighted by Gasteiger charge is -2.43. The summed E-state index contributed by atoms with van der Waals surface area (Å²) in [4.78, 5) is 5.18. The molecule has 2 aliphatic carbocycles. The van der Waals surface area contributed by atoms with E-state index < -0.39 is 8.07 Å². The molecule has 0 amide bonds. The van der Waals surface area contributed by atoms with Gasteiger partial charge in [-0.3, -0.25) is 0 Å². The van der Waals surface area contributed by atoms with Gasteiger partial charge in [-0.25, -0.2) is 0 Å². The molecular weight excluding hydrogens is 924 g/mol. The van der Waals surface area contributed by atoms with E-state index >= 15 is 0 Å². The summed E-state index contributed by atoms with van der Waals surface area (Å²) in [5.41, 5.74) is 19.6. The maximum Gasteiger partial charge on any atom is 0.252 e. The highest BCUT2D eigenvalue weighted by atomic mass is 28.3. The Bertz CT molecular complexity index is 2930. The van der Waals surface area contributed by atoms with Crippen molar-refractivity contribution in [1.29, 1.82) is 0 Å². The summed E-state index contributed by atoms with van der Waals surface area (Å²) < 4.78 is 7.48. The van der Waals surface area contributed by atoms with E-state index in [-0.39, 0.29) is 28.4 Å². The molecule has 4 aliphatic rings. The average Bonchev–Trinajstić information content (AvgIpc) is 3.70. The van der Waals surface area contributed by atoms with Crippen LogP contribution in [0.2, 0.25) is 19.6 Å². The smallest absolute Gasteiger partial charge is 0.252 e. The molecule has 1 saturated carbocycles. The predicted molar refractivity (Wildman–Crippen MR) is 336 cm³/mol. The Balaban J connectivity index is 1.67. The van der Waals surface area contributed by atoms with Crippen LogP contribution in [0.1, 0.15) is 193 Å². The maximum absolute atomic E-state index is 7.48. The molecule has 2 unspecified atom stereocenters. The third-order valence-corrected chi connectivity index (χ3v) is 21.1. The monoisotopic (exact) mass is 1020 g/mol. The van der Waals surface area contributed by atoms with Crippen molar-refractivity contribution < 1.29 is 4.42 Å². The van der Waals surface area contributed by atoms with Crippen LogP contribution in [0.25, 0.3) is 11.0 Å². The number of hydrogen-bond donors (Lipinski definition) is 0. The number of fused-ring (bicyclic) bond motifs is 8. The number of benzene rings is 2. The van der Waals surface area contributed by atoms with Crippen molar-refractivity contribution in [3.8, 4) is 0 Å². The van der Waals surface area contributed by atoms with Gasteiger partial charge in [-0.15, -0.1) is 0 Å². The highest BCUT2D eigenvalue weighted by Crippen LogP contribution is 2.49. The molecule has 75 heavy (non-hydrogen) atoms. The fraction of sp³-hybridized carbons (Fsp3) is 0.543. The van der Waals surface area contributed by atoms with Crippen LogP contribution in [-0.4, -0.2) is 21.3 Å². The maximum atomic E-state index is 7.48. The second-order valence-corrected chi connectivity index (χ2v) is 34.0. The number of hydrogen-bond acceptors (Lipinski definition) is 3. The molecule has 2 aromatic carbocycles. The van der Waals surface area contributed by atoms with Gasteiger partial charge in [0, 0.05) is 40.7 Å². The van der Waals surface area contributed by atoms with Gasteiger partial charge in [-0.1, -0.05) is 184 Å². The molecular formula is C70H101BN2OSi. The van der Waals surface area contributed by atoms with Crippen LogP contribution in [-0.2, 0) is 16.2 Å². The van der Waals surface area contributed by atoms with Crippen LogP contribution in [0.4, 0.5) is 11.6 Å². The molecule has 3 heterocycles. The Morgan fingerprint density at radius 1 is 0.880 bits per heavy atom. The normalized spacial score (nSPS) is 21.8. The zero-order valence-corrected chi connectivity index (χ0v) is 52.6. The summed E-state index contributed by atoms with van der Waals surface area (Å²) in [6.07, 6.45) is 27.5. The Kier molecular flexibility index (Phi) is 16.9. The topological polar surface area (TPSA) is 19.6 Å². The molecule has 7 rings (SSSR count). The van der Waals surface area contributed by atoms with Gasteiger partial charge in [0.15, 0.2) is 5.88 Å². The molecule has 2 aliphatic heterocycles. The minimum atomic E-state index is -1.51. The molecule has 0 N–H and O–H groups in total. The summed E-state index contributed by atoms with van der Waals surface area (Å²) in [6.45, 7) is 58.1. The quantitative estimate of drug-likeness (QED) is 0.119. The van der Waals surface area contributed by atoms with Gasteiger partial charge < -0.3 is 14.2 Å². The summed E-state index contributed by atoms with van der Waals surface area (Å²) in [6, 6.07) is 12.6. The molecule has 0 radical (unpaired) electrons. The largest absolute Gasteiger partial charge is 0.441 e. The van der Waals surface area contributed by atoms with Crippen LogP contribution in [0.3, 0.4) is 0 Å². The lowest BCUT2D eigenvalue weighted by Crippen LogP contribution is -2.57. The summed E-state index contributed by atoms with van der Waals surface area (Å²) >= 11 is 0. The summed E-state index contributed by atoms with van der Waals surface area (Å²) in [7, 11) is -1.51. The first-order valence-corrected chi connectivity index (χ1v) is 32.8. The van der Waals surface area contributed by atoms with Gasteiger partial charge in [0.05, 0.1) is 8.07 Å². The van der Waals surface area contributed by atoms with E-state index in [9.17, 15) is 0 Å². The molecule has 0 spiro atoms. The standard InChI is InChI=1S/C70H101BN2OSi/c1-24-55(27-25-26-45(2)3)72-44-61-62(38-50(9)67(12,13)14)73(43-53(48(7)30-31-51(10)75(21,22)23)39-56-49(8)29-28-47(6)52(56)11)63-40-54(68(15,16)35-34-46(4)5)32-33-60(63)71(61)65-57-41-58-59(42-64(57)74-66(65)72)70(19,20)37-36-69(58,17)18/h24-25,27,30-33,38-43,45-47,49H,11,26,28-29,34-37,44H2,1-10,12-23H3/b27-25-,48-30+,50-38+,51-31+,53-43-,55-24+,56-39-. The van der Waals surface area contributed by atoms with Gasteiger partial charge in [0.2, 0.25) is 0 Å². The Labute approximate surface area is 460 Å². The molecule has 1 aromatic heterocycles. The first-order valence-electron chi connectivity index (χ1n) is 29.3. The van der Waals surface area contributed by atoms with Gasteiger partial charge in [0.25, 0.3) is 6.71 Å². The van der Waals surface area contributed by atoms with Crippen molar-refractivity contribution in [3.05, 3.63) is 152 Å². The Hall–Kier alpha value is -4.48. The van der Waals surface area contributed by atoms with Gasteiger partial charge in [0.1, 0.15) is 5.58 Å². The number of rotatable bonds is 14. The zero-order valence-electron chi connectivity index (χ0n) is 51.6. The average molecular weight is 1030 g/mol. The molecule has 5 heteroatoms. The van der Waals surface area contributed by atoms with Gasteiger partial charge in [-0.2, -0.15) is 0 Å². The molecule has 2 atom stereocenters. The van der Waals surface area contributed by atoms with E-state index in [1.807, 2.05) is 0 Å². The van der Waals surface area contributed by atoms with Crippen molar-refractivity contribution >= 4 is 48.3 Å². The SMILES string of the molecule is C=C1\C(=C/C(=C/N2C(/C=C(\C)C(C)(C)C)=C3CN(C(/C=C\CC(C)C)=C/C)c4oc5cc6c(cc5c4B3c3ccc(C(C)(C)CCC(C)C)cc32)C(C)(C)CCC6(C)C)C(/C)=C/C=C(\C)[Si](C)(C)C)C(C)CCC1C. The molecule has 404 valence electrons. The number of allylic oxidation sites excluding steroid dienone is 13. The van der Waals surface area contributed by atoms with Crippen LogP contribution in [0.5, 0.6) is 0 Å². The number of furan rings is 1. The van der Waals surface area contributed by atoms with E-state index in [0.717, 1.165) is 37.2 Å². The second-order valence-electron chi connectivity index (χ2n) is 28.7. The Morgan fingerprint density at radius 3 is 2.12 bits per heavy atom. The molecule has 3 nitrogen and oxygen atoms in total. The first-order chi connectivity index (χ1) is 34.8. The van der Waals surface area contributed by atoms with Crippen LogP contribution in [0, 0.1) is 29.1 Å². The summed E-state index contributed by atoms with van der Waals surface area (Å²) in [5, 5.41) is 2.76. The summed E-state index contributed by atoms with van der Waals surface area (Å²) in [5.74, 6) is 3.07. The van der Waals surface area contributed by atoms with Crippen molar-refractivity contribution in [2.24, 2.45) is 29.1 Å². The van der Waals surface area contributed by atoms with Gasteiger partial charge in [-0.05, 0) is 198 Å². The fourth-order valence-corrected chi connectivity index (χ4v) is 12.4. The fourth-order valence-electron chi connectivity index (χ4n) is 11.8. The lowest BCUT2D eigenvalue weighted by molar-refractivity contribution is 0.332. The Morgan fingerprint density at radius 2 is 1.52 bits per heavy atom. The van der Waals surface area contributed by atoms with E-state index in [1.165, 1.54) is 108 Å². The van der Waals surface area contributed by atoms with E-state index in [0.29, 0.717) is 30.2 Å². The predicted octanol–water partition coefficient (Wildman–Crippen LogP) is 19.2. The third kappa shape index (κ3) is 12.1. The molecule has 0 saturated heterocycles. The van der Waals surface area contributed by atoms with E-state index in [1.54, 1.807) is 0 Å². The minimum Gasteiger partial charge on any atom is -0.441 e. The van der Waals surface area contributed by atoms with Crippen molar-refractivity contribution in [3.63, 3.8) is 0 Å². The molecule has 3 aromatic rings. The number of anilines is 2. The van der Waals surface area contributed by atoms with Crippen LogP contribution < -0.4 is 20.7 Å². The molecule has 0 bridgehead atoms. The van der Waals surface area contributed by atoms with Gasteiger partial charge >= 0.3 is 0 Å². The van der Waals surface area contributed by atoms with Crippen LogP contribution in [0.15, 0.2) is 140 Å². The number of nitrogens with zero attached hydrogens (tertiary/aromatic N) is 2. The van der Waals surface area contributed by atoms with Crippen molar-refractivity contribution in [2.75, 3.05) is 16.3 Å². The minimum absolute atomic E-state index is 0.0285. The highest BCUT2D eigenvalue weighted by molar-refractivity contribution is 6.95. The van der Waals surface area contributed by atoms with E-state index in [4.69, 9.17) is 11.0 Å². The van der Waals surface area contributed by atoms with Crippen molar-refractivity contribution in [2.45, 2.75) is 212 Å². The third-order valence-electron chi connectivity index (χ3n) is 18.6.